The third-order valence-electron chi connectivity index (χ3n) is 10.7. The molecule has 0 bridgehead atoms. The molecule has 0 aromatic carbocycles. The second-order valence-electron chi connectivity index (χ2n) is 11.7. The highest BCUT2D eigenvalue weighted by atomic mass is 14.7. The molecule has 0 saturated heterocycles. The van der Waals surface area contributed by atoms with E-state index in [0.29, 0.717) is 28.0 Å². The molecular weight excluding hydrogens is 347 g/mol. The molecule has 29 heavy (non-hydrogen) atoms. The maximum atomic E-state index is 4.55. The SMILES string of the molecule is C=C1C=CC2(C)C(=C1)CCC1(C)C3CC(C)C(C(=C)C(=C)C)C3(C)CCC21BC. The number of allylic oxidation sites excluding steroid dienone is 7. The van der Waals surface area contributed by atoms with Crippen LogP contribution in [0.2, 0.25) is 12.1 Å². The minimum atomic E-state index is 0.171. The zero-order valence-corrected chi connectivity index (χ0v) is 19.8. The summed E-state index contributed by atoms with van der Waals surface area (Å²) in [5.41, 5.74) is 6.22. The molecule has 1 heteroatoms. The summed E-state index contributed by atoms with van der Waals surface area (Å²) in [5, 5.41) is 0.338. The van der Waals surface area contributed by atoms with E-state index >= 15 is 0 Å². The van der Waals surface area contributed by atoms with Crippen LogP contribution in [0.3, 0.4) is 0 Å². The van der Waals surface area contributed by atoms with Gasteiger partial charge in [0.1, 0.15) is 7.28 Å². The van der Waals surface area contributed by atoms with Gasteiger partial charge in [-0.2, -0.15) is 0 Å². The zero-order chi connectivity index (χ0) is 21.4. The van der Waals surface area contributed by atoms with E-state index in [4.69, 9.17) is 0 Å². The van der Waals surface area contributed by atoms with E-state index in [0.717, 1.165) is 5.92 Å². The molecule has 4 aliphatic carbocycles. The lowest BCUT2D eigenvalue weighted by molar-refractivity contribution is -0.0867. The summed E-state index contributed by atoms with van der Waals surface area (Å²) in [6.07, 6.45) is 13.8. The molecule has 0 spiro atoms. The van der Waals surface area contributed by atoms with Crippen LogP contribution < -0.4 is 0 Å². The lowest BCUT2D eigenvalue weighted by Crippen LogP contribution is -2.61. The first kappa shape index (κ1) is 21.0. The Balaban J connectivity index is 1.85. The van der Waals surface area contributed by atoms with Gasteiger partial charge in [0.25, 0.3) is 0 Å². The van der Waals surface area contributed by atoms with Crippen molar-refractivity contribution in [3.05, 3.63) is 60.3 Å². The number of rotatable bonds is 3. The second-order valence-corrected chi connectivity index (χ2v) is 11.7. The van der Waals surface area contributed by atoms with Crippen molar-refractivity contribution in [1.82, 2.24) is 0 Å². The molecule has 0 heterocycles. The van der Waals surface area contributed by atoms with Crippen molar-refractivity contribution in [1.29, 1.82) is 0 Å². The number of hydrogen-bond acceptors (Lipinski definition) is 0. The van der Waals surface area contributed by atoms with Gasteiger partial charge in [-0.25, -0.2) is 0 Å². The Morgan fingerprint density at radius 2 is 1.83 bits per heavy atom. The Bertz CT molecular complexity index is 842. The van der Waals surface area contributed by atoms with Crippen molar-refractivity contribution in [2.75, 3.05) is 0 Å². The van der Waals surface area contributed by atoms with Crippen molar-refractivity contribution < 1.29 is 0 Å². The van der Waals surface area contributed by atoms with Crippen molar-refractivity contribution >= 4 is 7.28 Å². The normalized spacial score (nSPS) is 48.3. The summed E-state index contributed by atoms with van der Waals surface area (Å²) >= 11 is 0. The van der Waals surface area contributed by atoms with E-state index in [1.807, 2.05) is 0 Å². The zero-order valence-electron chi connectivity index (χ0n) is 19.8. The molecule has 7 atom stereocenters. The molecule has 7 unspecified atom stereocenters. The van der Waals surface area contributed by atoms with Gasteiger partial charge in [-0.15, -0.1) is 0 Å². The Hall–Kier alpha value is -1.24. The maximum absolute atomic E-state index is 4.55. The third-order valence-corrected chi connectivity index (χ3v) is 10.7. The summed E-state index contributed by atoms with van der Waals surface area (Å²) in [6.45, 7) is 28.0. The molecule has 0 aromatic rings. The van der Waals surface area contributed by atoms with Crippen molar-refractivity contribution in [2.45, 2.75) is 78.9 Å². The fourth-order valence-electron chi connectivity index (χ4n) is 9.28. The summed E-state index contributed by atoms with van der Waals surface area (Å²) in [6, 6.07) is 0. The van der Waals surface area contributed by atoms with Gasteiger partial charge >= 0.3 is 0 Å². The van der Waals surface area contributed by atoms with Crippen LogP contribution in [0.25, 0.3) is 0 Å². The van der Waals surface area contributed by atoms with Crippen molar-refractivity contribution in [2.24, 2.45) is 34.0 Å². The first-order valence-corrected chi connectivity index (χ1v) is 11.9. The van der Waals surface area contributed by atoms with Crippen molar-refractivity contribution in [3.63, 3.8) is 0 Å². The molecule has 0 aromatic heterocycles. The molecule has 0 nitrogen and oxygen atoms in total. The van der Waals surface area contributed by atoms with Crippen LogP contribution >= 0.6 is 0 Å². The highest BCUT2D eigenvalue weighted by Gasteiger charge is 2.70. The average molecular weight is 388 g/mol. The van der Waals surface area contributed by atoms with Crippen LogP contribution in [0.1, 0.15) is 66.7 Å². The Kier molecular flexibility index (Phi) is 4.62. The minimum Gasteiger partial charge on any atom is -0.0958 e. The lowest BCUT2D eigenvalue weighted by atomic mass is 9.24. The van der Waals surface area contributed by atoms with Crippen LogP contribution in [-0.2, 0) is 0 Å². The first-order chi connectivity index (χ1) is 13.5. The largest absolute Gasteiger partial charge is 0.127 e. The predicted molar refractivity (Wildman–Crippen MR) is 130 cm³/mol. The van der Waals surface area contributed by atoms with Crippen LogP contribution in [0, 0.1) is 34.0 Å². The van der Waals surface area contributed by atoms with E-state index in [-0.39, 0.29) is 5.41 Å². The standard InChI is InChI=1S/C28H41B/c1-18(2)21(5)24-20(4)17-23-25(24,6)14-15-28(29-9)26(7)12-10-19(3)16-22(26)11-13-27(23,28)8/h10,12,16,20,23-24,29H,1,3,5,11,13-15,17H2,2,4,6-9H3. The van der Waals surface area contributed by atoms with Gasteiger partial charge < -0.3 is 0 Å². The highest BCUT2D eigenvalue weighted by molar-refractivity contribution is 6.39. The molecule has 156 valence electrons. The molecule has 0 radical (unpaired) electrons. The molecule has 4 aliphatic rings. The van der Waals surface area contributed by atoms with Gasteiger partial charge in [-0.1, -0.05) is 90.0 Å². The van der Waals surface area contributed by atoms with E-state index < -0.39 is 0 Å². The topological polar surface area (TPSA) is 0 Å². The summed E-state index contributed by atoms with van der Waals surface area (Å²) in [4.78, 5) is 0. The van der Waals surface area contributed by atoms with Gasteiger partial charge in [0.05, 0.1) is 0 Å². The van der Waals surface area contributed by atoms with Crippen molar-refractivity contribution in [3.8, 4) is 0 Å². The highest BCUT2D eigenvalue weighted by Crippen LogP contribution is 2.80. The van der Waals surface area contributed by atoms with Gasteiger partial charge in [0.2, 0.25) is 0 Å². The Morgan fingerprint density at radius 1 is 1.14 bits per heavy atom. The fourth-order valence-corrected chi connectivity index (χ4v) is 9.28. The van der Waals surface area contributed by atoms with Gasteiger partial charge in [-0.3, -0.25) is 0 Å². The number of hydrogen-bond donors (Lipinski definition) is 0. The Morgan fingerprint density at radius 3 is 2.45 bits per heavy atom. The molecule has 0 aliphatic heterocycles. The monoisotopic (exact) mass is 388 g/mol. The van der Waals surface area contributed by atoms with Crippen LogP contribution in [0.5, 0.6) is 0 Å². The molecule has 0 N–H and O–H groups in total. The first-order valence-electron chi connectivity index (χ1n) is 11.9. The molecule has 4 rings (SSSR count). The van der Waals surface area contributed by atoms with Gasteiger partial charge in [0.15, 0.2) is 0 Å². The summed E-state index contributed by atoms with van der Waals surface area (Å²) < 4.78 is 0. The van der Waals surface area contributed by atoms with Crippen LogP contribution in [0.15, 0.2) is 60.3 Å². The van der Waals surface area contributed by atoms with Crippen LogP contribution in [0.4, 0.5) is 0 Å². The molecular formula is C28H41B. The van der Waals surface area contributed by atoms with E-state index in [2.05, 4.69) is 79.4 Å². The maximum Gasteiger partial charge on any atom is 0.127 e. The molecule has 3 fully saturated rings. The Labute approximate surface area is 180 Å². The molecule has 3 saturated carbocycles. The molecule has 0 amide bonds. The fraction of sp³-hybridized carbons (Fsp3) is 0.643. The third kappa shape index (κ3) is 2.40. The van der Waals surface area contributed by atoms with Gasteiger partial charge in [0, 0.05) is 5.41 Å². The summed E-state index contributed by atoms with van der Waals surface area (Å²) in [5.74, 6) is 2.05. The average Bonchev–Trinajstić information content (AvgIpc) is 2.93. The minimum absolute atomic E-state index is 0.171. The quantitative estimate of drug-likeness (QED) is 0.343. The lowest BCUT2D eigenvalue weighted by Gasteiger charge is -2.70. The predicted octanol–water partition coefficient (Wildman–Crippen LogP) is 7.69. The van der Waals surface area contributed by atoms with E-state index in [1.54, 1.807) is 5.57 Å². The summed E-state index contributed by atoms with van der Waals surface area (Å²) in [7, 11) is 1.27. The van der Waals surface area contributed by atoms with E-state index in [9.17, 15) is 0 Å². The van der Waals surface area contributed by atoms with Crippen LogP contribution in [-0.4, -0.2) is 7.28 Å². The van der Waals surface area contributed by atoms with E-state index in [1.165, 1.54) is 56.1 Å². The van der Waals surface area contributed by atoms with Gasteiger partial charge in [-0.05, 0) is 77.7 Å². The number of fused-ring (bicyclic) bond motifs is 5. The smallest absolute Gasteiger partial charge is 0.0958 e. The second kappa shape index (κ2) is 6.38.